The molecular formula is C16H36N2O. The molecule has 0 aromatic heterocycles. The van der Waals surface area contributed by atoms with E-state index < -0.39 is 0 Å². The molecule has 1 heterocycles. The highest BCUT2D eigenvalue weighted by Gasteiger charge is 2.09. The molecule has 0 bridgehead atoms. The Balaban J connectivity index is 0.00000154. The molecule has 0 spiro atoms. The van der Waals surface area contributed by atoms with Crippen molar-refractivity contribution in [3.8, 4) is 0 Å². The number of hydrogen-bond donors (Lipinski definition) is 2. The van der Waals surface area contributed by atoms with Gasteiger partial charge in [-0.3, -0.25) is 0 Å². The molecule has 3 nitrogen and oxygen atoms in total. The first-order chi connectivity index (χ1) is 9.36. The van der Waals surface area contributed by atoms with E-state index in [1.807, 2.05) is 13.8 Å². The smallest absolute Gasteiger partial charge is 0.0459 e. The molecule has 3 heteroatoms. The van der Waals surface area contributed by atoms with Crippen LogP contribution >= 0.6 is 0 Å². The Kier molecular flexibility index (Phi) is 14.2. The monoisotopic (exact) mass is 272 g/mol. The Morgan fingerprint density at radius 3 is 2.32 bits per heavy atom. The summed E-state index contributed by atoms with van der Waals surface area (Å²) in [6.45, 7) is 12.6. The maximum absolute atomic E-state index is 9.20. The predicted molar refractivity (Wildman–Crippen MR) is 84.6 cm³/mol. The zero-order valence-corrected chi connectivity index (χ0v) is 13.5. The molecule has 1 aliphatic rings. The number of aliphatic hydroxyl groups excluding tert-OH is 1. The number of hydrogen-bond acceptors (Lipinski definition) is 3. The van der Waals surface area contributed by atoms with Crippen LogP contribution in [0, 0.1) is 5.92 Å². The number of nitrogens with one attached hydrogen (secondary N) is 1. The van der Waals surface area contributed by atoms with Gasteiger partial charge in [-0.2, -0.15) is 0 Å². The zero-order valence-electron chi connectivity index (χ0n) is 13.5. The van der Waals surface area contributed by atoms with Crippen LogP contribution in [0.4, 0.5) is 0 Å². The van der Waals surface area contributed by atoms with Crippen LogP contribution in [-0.4, -0.2) is 49.3 Å². The van der Waals surface area contributed by atoms with E-state index in [4.69, 9.17) is 0 Å². The number of aliphatic hydroxyl groups is 1. The van der Waals surface area contributed by atoms with Crippen molar-refractivity contribution < 1.29 is 5.11 Å². The van der Waals surface area contributed by atoms with Gasteiger partial charge < -0.3 is 15.3 Å². The quantitative estimate of drug-likeness (QED) is 0.634. The minimum Gasteiger partial charge on any atom is -0.396 e. The van der Waals surface area contributed by atoms with Crippen molar-refractivity contribution >= 4 is 0 Å². The minimum absolute atomic E-state index is 0.381. The molecule has 0 aromatic rings. The van der Waals surface area contributed by atoms with Crippen LogP contribution in [0.25, 0.3) is 0 Å². The first kappa shape index (κ1) is 18.9. The van der Waals surface area contributed by atoms with Gasteiger partial charge >= 0.3 is 0 Å². The van der Waals surface area contributed by atoms with E-state index in [0.29, 0.717) is 12.5 Å². The first-order valence-corrected chi connectivity index (χ1v) is 8.40. The molecule has 1 saturated heterocycles. The third-order valence-corrected chi connectivity index (χ3v) is 3.75. The fourth-order valence-corrected chi connectivity index (χ4v) is 2.62. The number of unbranched alkanes of at least 4 members (excludes halogenated alkanes) is 2. The van der Waals surface area contributed by atoms with E-state index in [1.165, 1.54) is 58.2 Å². The van der Waals surface area contributed by atoms with E-state index >= 15 is 0 Å². The lowest BCUT2D eigenvalue weighted by molar-refractivity contribution is 0.203. The van der Waals surface area contributed by atoms with Gasteiger partial charge in [-0.15, -0.1) is 0 Å². The second-order valence-corrected chi connectivity index (χ2v) is 5.28. The predicted octanol–water partition coefficient (Wildman–Crippen LogP) is 2.89. The molecule has 1 fully saturated rings. The van der Waals surface area contributed by atoms with Crippen LogP contribution in [-0.2, 0) is 0 Å². The summed E-state index contributed by atoms with van der Waals surface area (Å²) in [5.41, 5.74) is 0. The van der Waals surface area contributed by atoms with Crippen molar-refractivity contribution in [2.24, 2.45) is 5.92 Å². The molecule has 0 saturated carbocycles. The Morgan fingerprint density at radius 2 is 1.74 bits per heavy atom. The second kappa shape index (κ2) is 14.3. The van der Waals surface area contributed by atoms with Crippen molar-refractivity contribution in [2.45, 2.75) is 59.3 Å². The summed E-state index contributed by atoms with van der Waals surface area (Å²) < 4.78 is 0. The second-order valence-electron chi connectivity index (χ2n) is 5.28. The van der Waals surface area contributed by atoms with Crippen LogP contribution in [0.3, 0.4) is 0 Å². The molecule has 0 radical (unpaired) electrons. The van der Waals surface area contributed by atoms with Crippen molar-refractivity contribution in [2.75, 3.05) is 39.3 Å². The van der Waals surface area contributed by atoms with Crippen molar-refractivity contribution in [3.63, 3.8) is 0 Å². The van der Waals surface area contributed by atoms with Gasteiger partial charge in [0.2, 0.25) is 0 Å². The molecule has 19 heavy (non-hydrogen) atoms. The van der Waals surface area contributed by atoms with Gasteiger partial charge in [-0.25, -0.2) is 0 Å². The number of piperazine rings is 1. The van der Waals surface area contributed by atoms with Gasteiger partial charge in [0.25, 0.3) is 0 Å². The normalized spacial score (nSPS) is 17.7. The Bertz CT molecular complexity index is 163. The lowest BCUT2D eigenvalue weighted by Gasteiger charge is -2.27. The molecular weight excluding hydrogens is 236 g/mol. The summed E-state index contributed by atoms with van der Waals surface area (Å²) in [6.07, 6.45) is 7.54. The number of rotatable bonds is 9. The van der Waals surface area contributed by atoms with Crippen molar-refractivity contribution in [1.82, 2.24) is 10.2 Å². The Morgan fingerprint density at radius 1 is 1.05 bits per heavy atom. The largest absolute Gasteiger partial charge is 0.396 e. The fraction of sp³-hybridized carbons (Fsp3) is 1.00. The van der Waals surface area contributed by atoms with E-state index in [1.54, 1.807) is 0 Å². The summed E-state index contributed by atoms with van der Waals surface area (Å²) >= 11 is 0. The number of nitrogens with zero attached hydrogens (tertiary/aromatic N) is 1. The van der Waals surface area contributed by atoms with Gasteiger partial charge in [0.15, 0.2) is 0 Å². The summed E-state index contributed by atoms with van der Waals surface area (Å²) in [7, 11) is 0. The highest BCUT2D eigenvalue weighted by Crippen LogP contribution is 2.15. The van der Waals surface area contributed by atoms with Crippen LogP contribution in [0.5, 0.6) is 0 Å². The lowest BCUT2D eigenvalue weighted by atomic mass is 9.97. The lowest BCUT2D eigenvalue weighted by Crippen LogP contribution is -2.43. The maximum Gasteiger partial charge on any atom is 0.0459 e. The fourth-order valence-electron chi connectivity index (χ4n) is 2.62. The van der Waals surface area contributed by atoms with Gasteiger partial charge in [0, 0.05) is 32.8 Å². The Labute approximate surface area is 120 Å². The third-order valence-electron chi connectivity index (χ3n) is 3.75. The van der Waals surface area contributed by atoms with Gasteiger partial charge in [0.1, 0.15) is 0 Å². The van der Waals surface area contributed by atoms with Crippen LogP contribution in [0.1, 0.15) is 59.3 Å². The third kappa shape index (κ3) is 10.3. The maximum atomic E-state index is 9.20. The molecule has 1 atom stereocenters. The van der Waals surface area contributed by atoms with E-state index in [9.17, 15) is 5.11 Å². The van der Waals surface area contributed by atoms with Crippen LogP contribution in [0.2, 0.25) is 0 Å². The van der Waals surface area contributed by atoms with Gasteiger partial charge in [0.05, 0.1) is 0 Å². The summed E-state index contributed by atoms with van der Waals surface area (Å²) in [5, 5.41) is 12.6. The summed E-state index contributed by atoms with van der Waals surface area (Å²) in [6, 6.07) is 0. The SMILES string of the molecule is CC.CCCC(CO)CCCCCN1CCNCC1. The van der Waals surface area contributed by atoms with Gasteiger partial charge in [-0.1, -0.05) is 40.0 Å². The standard InChI is InChI=1S/C14H30N2O.C2H6/c1-2-6-14(13-17)7-4-3-5-10-16-11-8-15-9-12-16;1-2/h14-15,17H,2-13H2,1H3;1-2H3. The van der Waals surface area contributed by atoms with E-state index in [-0.39, 0.29) is 0 Å². The molecule has 1 aliphatic heterocycles. The topological polar surface area (TPSA) is 35.5 Å². The van der Waals surface area contributed by atoms with E-state index in [2.05, 4.69) is 17.1 Å². The van der Waals surface area contributed by atoms with E-state index in [0.717, 1.165) is 13.1 Å². The average molecular weight is 272 g/mol. The molecule has 1 unspecified atom stereocenters. The highest BCUT2D eigenvalue weighted by atomic mass is 16.3. The molecule has 2 N–H and O–H groups in total. The molecule has 116 valence electrons. The molecule has 0 aliphatic carbocycles. The Hall–Kier alpha value is -0.120. The van der Waals surface area contributed by atoms with Crippen LogP contribution in [0.15, 0.2) is 0 Å². The highest BCUT2D eigenvalue weighted by molar-refractivity contribution is 4.67. The van der Waals surface area contributed by atoms with Gasteiger partial charge in [-0.05, 0) is 31.7 Å². The molecule has 0 aromatic carbocycles. The molecule has 0 amide bonds. The zero-order chi connectivity index (χ0) is 14.3. The summed E-state index contributed by atoms with van der Waals surface area (Å²) in [4.78, 5) is 2.56. The first-order valence-electron chi connectivity index (χ1n) is 8.40. The van der Waals surface area contributed by atoms with Crippen LogP contribution < -0.4 is 5.32 Å². The minimum atomic E-state index is 0.381. The summed E-state index contributed by atoms with van der Waals surface area (Å²) in [5.74, 6) is 0.555. The van der Waals surface area contributed by atoms with Crippen molar-refractivity contribution in [3.05, 3.63) is 0 Å². The molecule has 1 rings (SSSR count). The van der Waals surface area contributed by atoms with Crippen molar-refractivity contribution in [1.29, 1.82) is 0 Å². The average Bonchev–Trinajstić information content (AvgIpc) is 2.49.